The third-order valence-corrected chi connectivity index (χ3v) is 3.56. The van der Waals surface area contributed by atoms with Gasteiger partial charge in [-0.1, -0.05) is 5.16 Å². The van der Waals surface area contributed by atoms with Crippen LogP contribution >= 0.6 is 0 Å². The average molecular weight is 273 g/mol. The van der Waals surface area contributed by atoms with Gasteiger partial charge in [-0.2, -0.15) is 4.98 Å². The summed E-state index contributed by atoms with van der Waals surface area (Å²) in [6.07, 6.45) is 2.14. The van der Waals surface area contributed by atoms with Crippen molar-refractivity contribution in [3.05, 3.63) is 30.1 Å². The van der Waals surface area contributed by atoms with Crippen LogP contribution in [-0.4, -0.2) is 29.8 Å². The Morgan fingerprint density at radius 1 is 1.25 bits per heavy atom. The lowest BCUT2D eigenvalue weighted by Crippen LogP contribution is -2.27. The van der Waals surface area contributed by atoms with Crippen LogP contribution < -0.4 is 10.1 Å². The zero-order chi connectivity index (χ0) is 13.8. The molecule has 3 rings (SSSR count). The molecule has 2 aromatic rings. The summed E-state index contributed by atoms with van der Waals surface area (Å²) in [7, 11) is 0. The summed E-state index contributed by atoms with van der Waals surface area (Å²) in [5, 5.41) is 7.47. The van der Waals surface area contributed by atoms with Crippen LogP contribution in [0.5, 0.6) is 5.75 Å². The van der Waals surface area contributed by atoms with Gasteiger partial charge >= 0.3 is 0 Å². The van der Waals surface area contributed by atoms with Gasteiger partial charge in [0.15, 0.2) is 5.82 Å². The van der Waals surface area contributed by atoms with E-state index in [1.807, 2.05) is 31.2 Å². The van der Waals surface area contributed by atoms with E-state index in [0.29, 0.717) is 18.4 Å². The number of ether oxygens (including phenoxy) is 1. The Bertz CT molecular complexity index is 545. The van der Waals surface area contributed by atoms with Crippen molar-refractivity contribution in [2.24, 2.45) is 0 Å². The molecular weight excluding hydrogens is 254 g/mol. The van der Waals surface area contributed by atoms with Gasteiger partial charge < -0.3 is 14.6 Å². The maximum absolute atomic E-state index is 5.42. The number of hydrogen-bond acceptors (Lipinski definition) is 5. The summed E-state index contributed by atoms with van der Waals surface area (Å²) in [5.41, 5.74) is 0.932. The van der Waals surface area contributed by atoms with E-state index in [9.17, 15) is 0 Å². The van der Waals surface area contributed by atoms with E-state index in [-0.39, 0.29) is 0 Å². The molecule has 1 aliphatic rings. The fraction of sp³-hybridized carbons (Fsp3) is 0.467. The van der Waals surface area contributed by atoms with E-state index in [1.165, 1.54) is 0 Å². The molecule has 0 unspecified atom stereocenters. The molecule has 1 aliphatic heterocycles. The number of benzene rings is 1. The topological polar surface area (TPSA) is 60.2 Å². The second-order valence-corrected chi connectivity index (χ2v) is 4.94. The van der Waals surface area contributed by atoms with Gasteiger partial charge in [0.1, 0.15) is 5.75 Å². The Kier molecular flexibility index (Phi) is 3.97. The predicted molar refractivity (Wildman–Crippen MR) is 75.7 cm³/mol. The largest absolute Gasteiger partial charge is 0.494 e. The second kappa shape index (κ2) is 6.05. The van der Waals surface area contributed by atoms with Crippen LogP contribution in [0.2, 0.25) is 0 Å². The van der Waals surface area contributed by atoms with Crippen molar-refractivity contribution >= 4 is 0 Å². The molecule has 106 valence electrons. The lowest BCUT2D eigenvalue weighted by atomic mass is 9.98. The molecule has 0 atom stereocenters. The van der Waals surface area contributed by atoms with Gasteiger partial charge in [-0.15, -0.1) is 0 Å². The van der Waals surface area contributed by atoms with Gasteiger partial charge in [0.25, 0.3) is 5.89 Å². The van der Waals surface area contributed by atoms with E-state index in [4.69, 9.17) is 9.26 Å². The number of rotatable bonds is 4. The molecule has 1 aromatic carbocycles. The third-order valence-electron chi connectivity index (χ3n) is 3.56. The zero-order valence-corrected chi connectivity index (χ0v) is 11.6. The van der Waals surface area contributed by atoms with E-state index >= 15 is 0 Å². The summed E-state index contributed by atoms with van der Waals surface area (Å²) < 4.78 is 10.8. The number of nitrogens with one attached hydrogen (secondary N) is 1. The Labute approximate surface area is 118 Å². The molecule has 0 bridgehead atoms. The highest BCUT2D eigenvalue weighted by atomic mass is 16.5. The van der Waals surface area contributed by atoms with Gasteiger partial charge in [-0.05, 0) is 57.1 Å². The minimum atomic E-state index is 0.413. The number of piperidine rings is 1. The first-order chi connectivity index (χ1) is 9.86. The zero-order valence-electron chi connectivity index (χ0n) is 11.6. The van der Waals surface area contributed by atoms with Gasteiger partial charge in [-0.3, -0.25) is 0 Å². The summed E-state index contributed by atoms with van der Waals surface area (Å²) in [4.78, 5) is 4.53. The fourth-order valence-electron chi connectivity index (χ4n) is 2.46. The van der Waals surface area contributed by atoms with E-state index in [2.05, 4.69) is 15.5 Å². The summed E-state index contributed by atoms with van der Waals surface area (Å²) in [6.45, 7) is 4.69. The molecule has 0 saturated carbocycles. The molecule has 0 spiro atoms. The molecule has 0 aliphatic carbocycles. The van der Waals surface area contributed by atoms with Crippen LogP contribution in [0, 0.1) is 0 Å². The van der Waals surface area contributed by atoms with Gasteiger partial charge in [0.05, 0.1) is 6.61 Å². The molecule has 20 heavy (non-hydrogen) atoms. The average Bonchev–Trinajstić information content (AvgIpc) is 2.99. The standard InChI is InChI=1S/C15H19N3O2/c1-2-19-13-5-3-12(4-6-13)15-17-14(18-20-15)11-7-9-16-10-8-11/h3-6,11,16H,2,7-10H2,1H3. The number of aromatic nitrogens is 2. The molecule has 0 amide bonds. The van der Waals surface area contributed by atoms with Crippen LogP contribution in [0.1, 0.15) is 31.5 Å². The van der Waals surface area contributed by atoms with Gasteiger partial charge in [0.2, 0.25) is 0 Å². The third kappa shape index (κ3) is 2.82. The number of hydrogen-bond donors (Lipinski definition) is 1. The quantitative estimate of drug-likeness (QED) is 0.927. The first kappa shape index (κ1) is 13.1. The summed E-state index contributed by atoms with van der Waals surface area (Å²) in [5.74, 6) is 2.68. The van der Waals surface area contributed by atoms with Gasteiger partial charge in [0, 0.05) is 11.5 Å². The first-order valence-corrected chi connectivity index (χ1v) is 7.14. The molecule has 5 nitrogen and oxygen atoms in total. The Morgan fingerprint density at radius 3 is 2.70 bits per heavy atom. The van der Waals surface area contributed by atoms with Crippen LogP contribution in [0.25, 0.3) is 11.5 Å². The minimum absolute atomic E-state index is 0.413. The molecule has 5 heteroatoms. The van der Waals surface area contributed by atoms with E-state index in [0.717, 1.165) is 43.1 Å². The molecule has 1 aromatic heterocycles. The molecule has 1 N–H and O–H groups in total. The Hall–Kier alpha value is -1.88. The van der Waals surface area contributed by atoms with Crippen molar-refractivity contribution in [1.82, 2.24) is 15.5 Å². The molecular formula is C15H19N3O2. The van der Waals surface area contributed by atoms with Crippen molar-refractivity contribution < 1.29 is 9.26 Å². The normalized spacial score (nSPS) is 16.2. The highest BCUT2D eigenvalue weighted by molar-refractivity contribution is 5.54. The molecule has 0 radical (unpaired) electrons. The van der Waals surface area contributed by atoms with Crippen LogP contribution in [0.3, 0.4) is 0 Å². The first-order valence-electron chi connectivity index (χ1n) is 7.14. The lowest BCUT2D eigenvalue weighted by molar-refractivity contribution is 0.340. The molecule has 1 saturated heterocycles. The van der Waals surface area contributed by atoms with Crippen LogP contribution in [-0.2, 0) is 0 Å². The Morgan fingerprint density at radius 2 is 2.00 bits per heavy atom. The van der Waals surface area contributed by atoms with Crippen molar-refractivity contribution in [3.8, 4) is 17.2 Å². The monoisotopic (exact) mass is 273 g/mol. The smallest absolute Gasteiger partial charge is 0.257 e. The van der Waals surface area contributed by atoms with Gasteiger partial charge in [-0.25, -0.2) is 0 Å². The fourth-order valence-corrected chi connectivity index (χ4v) is 2.46. The van der Waals surface area contributed by atoms with Crippen LogP contribution in [0.4, 0.5) is 0 Å². The second-order valence-electron chi connectivity index (χ2n) is 4.94. The predicted octanol–water partition coefficient (Wildman–Crippen LogP) is 2.60. The lowest BCUT2D eigenvalue weighted by Gasteiger charge is -2.18. The molecule has 2 heterocycles. The maximum Gasteiger partial charge on any atom is 0.257 e. The highest BCUT2D eigenvalue weighted by Gasteiger charge is 2.21. The van der Waals surface area contributed by atoms with Crippen molar-refractivity contribution in [2.75, 3.05) is 19.7 Å². The molecule has 1 fully saturated rings. The minimum Gasteiger partial charge on any atom is -0.494 e. The van der Waals surface area contributed by atoms with E-state index < -0.39 is 0 Å². The van der Waals surface area contributed by atoms with Crippen LogP contribution in [0.15, 0.2) is 28.8 Å². The summed E-state index contributed by atoms with van der Waals surface area (Å²) >= 11 is 0. The Balaban J connectivity index is 1.75. The summed E-state index contributed by atoms with van der Waals surface area (Å²) in [6, 6.07) is 7.75. The maximum atomic E-state index is 5.42. The number of nitrogens with zero attached hydrogens (tertiary/aromatic N) is 2. The highest BCUT2D eigenvalue weighted by Crippen LogP contribution is 2.26. The van der Waals surface area contributed by atoms with E-state index in [1.54, 1.807) is 0 Å². The van der Waals surface area contributed by atoms with Crippen molar-refractivity contribution in [1.29, 1.82) is 0 Å². The van der Waals surface area contributed by atoms with Crippen molar-refractivity contribution in [3.63, 3.8) is 0 Å². The van der Waals surface area contributed by atoms with Crippen molar-refractivity contribution in [2.45, 2.75) is 25.7 Å². The SMILES string of the molecule is CCOc1ccc(-c2nc(C3CCNCC3)no2)cc1.